The molecule has 1 aromatic carbocycles. The van der Waals surface area contributed by atoms with Crippen LogP contribution in [0.15, 0.2) is 60.7 Å². The lowest BCUT2D eigenvalue weighted by atomic mass is 10.0. The lowest BCUT2D eigenvalue weighted by Crippen LogP contribution is -1.89. The van der Waals surface area contributed by atoms with Crippen LogP contribution < -0.4 is 0 Å². The monoisotopic (exact) mass is 240 g/mol. The number of allylic oxidation sites excluding steroid dienone is 4. The van der Waals surface area contributed by atoms with Crippen LogP contribution in [0.1, 0.15) is 38.7 Å². The van der Waals surface area contributed by atoms with Crippen molar-refractivity contribution < 1.29 is 0 Å². The molecule has 0 bridgehead atoms. The third kappa shape index (κ3) is 6.90. The minimum Gasteiger partial charge on any atom is -0.100 e. The van der Waals surface area contributed by atoms with Crippen LogP contribution in [0.3, 0.4) is 0 Å². The molecule has 1 rings (SSSR count). The molecule has 0 amide bonds. The molecule has 0 saturated carbocycles. The molecule has 0 aromatic heterocycles. The highest BCUT2D eigenvalue weighted by atomic mass is 14.0. The maximum absolute atomic E-state index is 3.93. The van der Waals surface area contributed by atoms with E-state index < -0.39 is 0 Å². The fourth-order valence-electron chi connectivity index (χ4n) is 1.81. The summed E-state index contributed by atoms with van der Waals surface area (Å²) in [4.78, 5) is 0. The van der Waals surface area contributed by atoms with E-state index in [9.17, 15) is 0 Å². The first kappa shape index (κ1) is 14.5. The van der Waals surface area contributed by atoms with E-state index in [4.69, 9.17) is 0 Å². The molecule has 0 N–H and O–H groups in total. The average molecular weight is 240 g/mol. The Labute approximate surface area is 112 Å². The van der Waals surface area contributed by atoms with Crippen molar-refractivity contribution in [2.75, 3.05) is 0 Å². The Hall–Kier alpha value is -1.56. The Morgan fingerprint density at radius 1 is 1.22 bits per heavy atom. The van der Waals surface area contributed by atoms with Gasteiger partial charge in [0.1, 0.15) is 0 Å². The van der Waals surface area contributed by atoms with Gasteiger partial charge < -0.3 is 0 Å². The van der Waals surface area contributed by atoms with Crippen LogP contribution in [0.2, 0.25) is 0 Å². The maximum Gasteiger partial charge on any atom is -0.0257 e. The van der Waals surface area contributed by atoms with E-state index in [1.807, 2.05) is 6.07 Å². The predicted molar refractivity (Wildman–Crippen MR) is 82.4 cm³/mol. The summed E-state index contributed by atoms with van der Waals surface area (Å²) in [6.07, 6.45) is 12.3. The van der Waals surface area contributed by atoms with Crippen molar-refractivity contribution in [2.45, 2.75) is 33.1 Å². The Kier molecular flexibility index (Phi) is 6.86. The first-order valence-electron chi connectivity index (χ1n) is 6.73. The summed E-state index contributed by atoms with van der Waals surface area (Å²) < 4.78 is 0. The maximum atomic E-state index is 3.93. The van der Waals surface area contributed by atoms with Gasteiger partial charge in [-0.15, -0.1) is 6.58 Å². The summed E-state index contributed by atoms with van der Waals surface area (Å²) in [5, 5.41) is 0. The van der Waals surface area contributed by atoms with Gasteiger partial charge in [0.25, 0.3) is 0 Å². The van der Waals surface area contributed by atoms with Crippen molar-refractivity contribution in [3.8, 4) is 0 Å². The van der Waals surface area contributed by atoms with Gasteiger partial charge in [-0.3, -0.25) is 0 Å². The molecule has 0 radical (unpaired) electrons. The lowest BCUT2D eigenvalue weighted by molar-refractivity contribution is 0.605. The van der Waals surface area contributed by atoms with Crippen LogP contribution in [0, 0.1) is 5.92 Å². The quantitative estimate of drug-likeness (QED) is 0.427. The molecular weight excluding hydrogens is 216 g/mol. The second-order valence-corrected chi connectivity index (χ2v) is 4.98. The van der Waals surface area contributed by atoms with Gasteiger partial charge in [0, 0.05) is 0 Å². The fraction of sp³-hybridized carbons (Fsp3) is 0.333. The van der Waals surface area contributed by atoms with Crippen LogP contribution in [0.5, 0.6) is 0 Å². The Morgan fingerprint density at radius 3 is 2.61 bits per heavy atom. The number of rotatable bonds is 7. The largest absolute Gasteiger partial charge is 0.100 e. The molecule has 0 aliphatic heterocycles. The zero-order chi connectivity index (χ0) is 13.2. The molecule has 0 spiro atoms. The molecule has 0 aliphatic carbocycles. The summed E-state index contributed by atoms with van der Waals surface area (Å²) in [7, 11) is 0. The topological polar surface area (TPSA) is 0 Å². The molecule has 1 aromatic rings. The molecule has 0 nitrogen and oxygen atoms in total. The van der Waals surface area contributed by atoms with Crippen LogP contribution in [0.4, 0.5) is 0 Å². The molecule has 1 atom stereocenters. The van der Waals surface area contributed by atoms with Crippen LogP contribution in [0.25, 0.3) is 6.08 Å². The Bertz CT molecular complexity index is 395. The standard InChI is InChI=1S/C18H24/c1-16(2)10-9-12-17(3)11-7-8-15-18-13-5-4-6-14-18/h4-8,11,13-15,17H,1,9-10,12H2,2-3H3/b11-7+,15-8-/t17-/m1/s1. The SMILES string of the molecule is C=C(C)CCC[C@H](C)/C=C/C=C\c1ccccc1. The molecule has 0 unspecified atom stereocenters. The minimum atomic E-state index is 0.643. The van der Waals surface area contributed by atoms with E-state index in [0.717, 1.165) is 6.42 Å². The number of hydrogen-bond acceptors (Lipinski definition) is 0. The van der Waals surface area contributed by atoms with Crippen molar-refractivity contribution in [1.29, 1.82) is 0 Å². The Morgan fingerprint density at radius 2 is 1.94 bits per heavy atom. The van der Waals surface area contributed by atoms with Crippen LogP contribution >= 0.6 is 0 Å². The van der Waals surface area contributed by atoms with E-state index in [1.54, 1.807) is 0 Å². The highest BCUT2D eigenvalue weighted by Gasteiger charge is 1.96. The van der Waals surface area contributed by atoms with Gasteiger partial charge in [-0.1, -0.05) is 67.1 Å². The second kappa shape index (κ2) is 8.52. The molecule has 0 heterocycles. The highest BCUT2D eigenvalue weighted by Crippen LogP contribution is 2.12. The van der Waals surface area contributed by atoms with E-state index >= 15 is 0 Å². The third-order valence-electron chi connectivity index (χ3n) is 2.90. The molecule has 18 heavy (non-hydrogen) atoms. The van der Waals surface area contributed by atoms with Gasteiger partial charge in [-0.2, -0.15) is 0 Å². The number of benzene rings is 1. The fourth-order valence-corrected chi connectivity index (χ4v) is 1.81. The van der Waals surface area contributed by atoms with E-state index in [0.29, 0.717) is 5.92 Å². The van der Waals surface area contributed by atoms with Gasteiger partial charge in [-0.25, -0.2) is 0 Å². The van der Waals surface area contributed by atoms with Gasteiger partial charge in [0.15, 0.2) is 0 Å². The summed E-state index contributed by atoms with van der Waals surface area (Å²) >= 11 is 0. The smallest absolute Gasteiger partial charge is 0.0257 e. The predicted octanol–water partition coefficient (Wildman–Crippen LogP) is 5.64. The molecule has 0 saturated heterocycles. The average Bonchev–Trinajstić information content (AvgIpc) is 2.35. The highest BCUT2D eigenvalue weighted by molar-refractivity contribution is 5.50. The summed E-state index contributed by atoms with van der Waals surface area (Å²) in [6, 6.07) is 10.4. The van der Waals surface area contributed by atoms with Crippen LogP contribution in [-0.4, -0.2) is 0 Å². The lowest BCUT2D eigenvalue weighted by Gasteiger charge is -2.04. The van der Waals surface area contributed by atoms with E-state index in [-0.39, 0.29) is 0 Å². The first-order valence-corrected chi connectivity index (χ1v) is 6.73. The summed E-state index contributed by atoms with van der Waals surface area (Å²) in [5.41, 5.74) is 2.53. The van der Waals surface area contributed by atoms with Gasteiger partial charge in [0.2, 0.25) is 0 Å². The van der Waals surface area contributed by atoms with Gasteiger partial charge >= 0.3 is 0 Å². The number of hydrogen-bond donors (Lipinski definition) is 0. The van der Waals surface area contributed by atoms with Crippen molar-refractivity contribution >= 4 is 6.08 Å². The normalized spacial score (nSPS) is 13.2. The zero-order valence-electron chi connectivity index (χ0n) is 11.6. The first-order chi connectivity index (χ1) is 8.68. The van der Waals surface area contributed by atoms with Crippen LogP contribution in [-0.2, 0) is 0 Å². The van der Waals surface area contributed by atoms with E-state index in [1.165, 1.54) is 24.0 Å². The van der Waals surface area contributed by atoms with E-state index in [2.05, 4.69) is 69.0 Å². The third-order valence-corrected chi connectivity index (χ3v) is 2.90. The van der Waals surface area contributed by atoms with Crippen molar-refractivity contribution in [1.82, 2.24) is 0 Å². The summed E-state index contributed by atoms with van der Waals surface area (Å²) in [5.74, 6) is 0.643. The Balaban J connectivity index is 2.27. The minimum absolute atomic E-state index is 0.643. The summed E-state index contributed by atoms with van der Waals surface area (Å²) in [6.45, 7) is 8.30. The molecular formula is C18H24. The second-order valence-electron chi connectivity index (χ2n) is 4.98. The molecule has 0 aliphatic rings. The van der Waals surface area contributed by atoms with Crippen molar-refractivity contribution in [3.63, 3.8) is 0 Å². The van der Waals surface area contributed by atoms with Crippen molar-refractivity contribution in [3.05, 3.63) is 66.3 Å². The zero-order valence-corrected chi connectivity index (χ0v) is 11.6. The molecule has 0 fully saturated rings. The van der Waals surface area contributed by atoms with Gasteiger partial charge in [0.05, 0.1) is 0 Å². The molecule has 96 valence electrons. The van der Waals surface area contributed by atoms with Gasteiger partial charge in [-0.05, 0) is 37.7 Å². The van der Waals surface area contributed by atoms with Crippen molar-refractivity contribution in [2.24, 2.45) is 5.92 Å². The molecule has 0 heteroatoms.